The Morgan fingerprint density at radius 3 is 2.87 bits per heavy atom. The van der Waals surface area contributed by atoms with Crippen molar-refractivity contribution < 1.29 is 0 Å². The molecule has 1 atom stereocenters. The summed E-state index contributed by atoms with van der Waals surface area (Å²) in [6.45, 7) is 2.16. The molecule has 1 unspecified atom stereocenters. The second kappa shape index (κ2) is 4.20. The normalized spacial score (nSPS) is 32.2. The lowest BCUT2D eigenvalue weighted by Crippen LogP contribution is -2.54. The van der Waals surface area contributed by atoms with E-state index in [0.717, 1.165) is 19.5 Å². The van der Waals surface area contributed by atoms with E-state index in [4.69, 9.17) is 11.5 Å². The Morgan fingerprint density at radius 1 is 1.47 bits per heavy atom. The fourth-order valence-corrected chi connectivity index (χ4v) is 2.20. The molecule has 0 spiro atoms. The molecule has 2 aliphatic heterocycles. The van der Waals surface area contributed by atoms with Crippen LogP contribution in [0, 0.1) is 5.92 Å². The summed E-state index contributed by atoms with van der Waals surface area (Å²) in [6.07, 6.45) is 6.69. The average molecular weight is 209 g/mol. The van der Waals surface area contributed by atoms with Gasteiger partial charge in [-0.3, -0.25) is 5.73 Å². The highest BCUT2D eigenvalue weighted by molar-refractivity contribution is 5.92. The van der Waals surface area contributed by atoms with Gasteiger partial charge in [0.15, 0.2) is 5.79 Å². The summed E-state index contributed by atoms with van der Waals surface area (Å²) in [5.74, 6) is 0.442. The molecule has 5 heteroatoms. The van der Waals surface area contributed by atoms with Gasteiger partial charge < -0.3 is 16.4 Å². The highest BCUT2D eigenvalue weighted by Crippen LogP contribution is 2.22. The second-order valence-electron chi connectivity index (χ2n) is 4.34. The number of nitrogens with zero attached hydrogens (tertiary/aromatic N) is 1. The Hall–Kier alpha value is -1.07. The van der Waals surface area contributed by atoms with E-state index in [2.05, 4.69) is 15.6 Å². The largest absolute Gasteiger partial charge is 0.384 e. The van der Waals surface area contributed by atoms with Gasteiger partial charge >= 0.3 is 0 Å². The zero-order chi connectivity index (χ0) is 10.7. The summed E-state index contributed by atoms with van der Waals surface area (Å²) in [5, 5.41) is 6.42. The smallest absolute Gasteiger partial charge is 0.184 e. The fourth-order valence-electron chi connectivity index (χ4n) is 2.20. The van der Waals surface area contributed by atoms with Crippen molar-refractivity contribution in [3.8, 4) is 0 Å². The number of nitrogens with two attached hydrogens (primary N) is 2. The van der Waals surface area contributed by atoms with Crippen molar-refractivity contribution in [3.05, 3.63) is 12.3 Å². The first-order chi connectivity index (χ1) is 7.18. The van der Waals surface area contributed by atoms with Gasteiger partial charge in [-0.1, -0.05) is 0 Å². The summed E-state index contributed by atoms with van der Waals surface area (Å²) < 4.78 is 0. The van der Waals surface area contributed by atoms with Crippen LogP contribution < -0.4 is 22.1 Å². The number of rotatable bonds is 2. The van der Waals surface area contributed by atoms with E-state index in [0.29, 0.717) is 11.8 Å². The first-order valence-corrected chi connectivity index (χ1v) is 5.47. The Kier molecular flexibility index (Phi) is 2.93. The molecule has 0 aromatic carbocycles. The Labute approximate surface area is 90.0 Å². The minimum Gasteiger partial charge on any atom is -0.384 e. The van der Waals surface area contributed by atoms with Gasteiger partial charge in [0.25, 0.3) is 0 Å². The highest BCUT2D eigenvalue weighted by atomic mass is 15.3. The molecule has 0 bridgehead atoms. The standard InChI is InChI=1S/C10H19N5/c11-9-3-6-14-10(12,15-9)7-8-1-4-13-5-2-8/h3,6,8,13-14H,1-2,4-5,7,12H2,(H2,11,15). The summed E-state index contributed by atoms with van der Waals surface area (Å²) in [4.78, 5) is 4.26. The number of aliphatic imine (C=N–C) groups is 1. The highest BCUT2D eigenvalue weighted by Gasteiger charge is 2.29. The van der Waals surface area contributed by atoms with Gasteiger partial charge in [-0.25, -0.2) is 4.99 Å². The zero-order valence-corrected chi connectivity index (χ0v) is 8.87. The van der Waals surface area contributed by atoms with E-state index in [-0.39, 0.29) is 0 Å². The molecule has 0 radical (unpaired) electrons. The Bertz CT molecular complexity index is 280. The van der Waals surface area contributed by atoms with Crippen LogP contribution in [0.1, 0.15) is 19.3 Å². The third-order valence-corrected chi connectivity index (χ3v) is 2.97. The predicted octanol–water partition coefficient (Wildman–Crippen LogP) is -0.537. The van der Waals surface area contributed by atoms with Crippen LogP contribution in [0.4, 0.5) is 0 Å². The molecular formula is C10H19N5. The van der Waals surface area contributed by atoms with Gasteiger partial charge in [0, 0.05) is 12.6 Å². The Morgan fingerprint density at radius 2 is 2.20 bits per heavy atom. The number of piperidine rings is 1. The van der Waals surface area contributed by atoms with Crippen molar-refractivity contribution in [1.29, 1.82) is 0 Å². The van der Waals surface area contributed by atoms with Gasteiger partial charge in [-0.15, -0.1) is 0 Å². The lowest BCUT2D eigenvalue weighted by molar-refractivity contribution is 0.251. The van der Waals surface area contributed by atoms with Crippen LogP contribution in [0.5, 0.6) is 0 Å². The second-order valence-corrected chi connectivity index (χ2v) is 4.34. The quantitative estimate of drug-likeness (QED) is 0.492. The van der Waals surface area contributed by atoms with Crippen LogP contribution in [-0.4, -0.2) is 24.7 Å². The van der Waals surface area contributed by atoms with E-state index >= 15 is 0 Å². The molecule has 6 N–H and O–H groups in total. The maximum atomic E-state index is 6.13. The van der Waals surface area contributed by atoms with Gasteiger partial charge in [0.05, 0.1) is 0 Å². The number of amidine groups is 1. The molecule has 84 valence electrons. The molecule has 0 aliphatic carbocycles. The summed E-state index contributed by atoms with van der Waals surface area (Å²) in [6, 6.07) is 0. The molecular weight excluding hydrogens is 190 g/mol. The molecule has 1 fully saturated rings. The first kappa shape index (κ1) is 10.4. The lowest BCUT2D eigenvalue weighted by Gasteiger charge is -2.33. The molecule has 2 rings (SSSR count). The third kappa shape index (κ3) is 2.70. The minimum atomic E-state index is -0.694. The topological polar surface area (TPSA) is 88.5 Å². The van der Waals surface area contributed by atoms with Crippen molar-refractivity contribution in [1.82, 2.24) is 10.6 Å². The molecule has 1 saturated heterocycles. The van der Waals surface area contributed by atoms with E-state index in [1.807, 2.05) is 0 Å². The SMILES string of the molecule is NC1=NC(N)(CC2CCNCC2)NC=C1. The maximum Gasteiger partial charge on any atom is 0.184 e. The van der Waals surface area contributed by atoms with E-state index < -0.39 is 5.79 Å². The van der Waals surface area contributed by atoms with Crippen molar-refractivity contribution in [2.24, 2.45) is 22.4 Å². The zero-order valence-electron chi connectivity index (χ0n) is 8.87. The van der Waals surface area contributed by atoms with Crippen LogP contribution in [0.25, 0.3) is 0 Å². The van der Waals surface area contributed by atoms with Crippen molar-refractivity contribution in [3.63, 3.8) is 0 Å². The first-order valence-electron chi connectivity index (χ1n) is 5.47. The minimum absolute atomic E-state index is 0.505. The monoisotopic (exact) mass is 209 g/mol. The molecule has 0 aromatic heterocycles. The molecule has 15 heavy (non-hydrogen) atoms. The average Bonchev–Trinajstić information content (AvgIpc) is 2.18. The van der Waals surface area contributed by atoms with E-state index in [9.17, 15) is 0 Å². The van der Waals surface area contributed by atoms with Crippen molar-refractivity contribution >= 4 is 5.84 Å². The van der Waals surface area contributed by atoms with E-state index in [1.165, 1.54) is 12.8 Å². The van der Waals surface area contributed by atoms with Crippen LogP contribution in [0.2, 0.25) is 0 Å². The van der Waals surface area contributed by atoms with Gasteiger partial charge in [0.1, 0.15) is 5.84 Å². The Balaban J connectivity index is 1.95. The van der Waals surface area contributed by atoms with E-state index in [1.54, 1.807) is 12.3 Å². The summed E-state index contributed by atoms with van der Waals surface area (Å²) in [7, 11) is 0. The molecule has 2 heterocycles. The van der Waals surface area contributed by atoms with Crippen LogP contribution in [0.3, 0.4) is 0 Å². The summed E-state index contributed by atoms with van der Waals surface area (Å²) in [5.41, 5.74) is 11.8. The van der Waals surface area contributed by atoms with Gasteiger partial charge in [-0.2, -0.15) is 0 Å². The molecule has 2 aliphatic rings. The van der Waals surface area contributed by atoms with Crippen LogP contribution >= 0.6 is 0 Å². The van der Waals surface area contributed by atoms with Gasteiger partial charge in [-0.05, 0) is 37.9 Å². The lowest BCUT2D eigenvalue weighted by atomic mass is 9.91. The number of nitrogens with one attached hydrogen (secondary N) is 2. The maximum absolute atomic E-state index is 6.13. The molecule has 0 amide bonds. The van der Waals surface area contributed by atoms with Crippen molar-refractivity contribution in [2.75, 3.05) is 13.1 Å². The number of hydrogen-bond acceptors (Lipinski definition) is 5. The molecule has 5 nitrogen and oxygen atoms in total. The third-order valence-electron chi connectivity index (χ3n) is 2.97. The fraction of sp³-hybridized carbons (Fsp3) is 0.700. The van der Waals surface area contributed by atoms with Crippen molar-refractivity contribution in [2.45, 2.75) is 25.0 Å². The predicted molar refractivity (Wildman–Crippen MR) is 61.0 cm³/mol. The summed E-state index contributed by atoms with van der Waals surface area (Å²) >= 11 is 0. The van der Waals surface area contributed by atoms with Gasteiger partial charge in [0.2, 0.25) is 0 Å². The molecule has 0 aromatic rings. The molecule has 0 saturated carbocycles. The number of hydrogen-bond donors (Lipinski definition) is 4. The van der Waals surface area contributed by atoms with Crippen LogP contribution in [0.15, 0.2) is 17.3 Å². The van der Waals surface area contributed by atoms with Crippen LogP contribution in [-0.2, 0) is 0 Å².